The lowest BCUT2D eigenvalue weighted by molar-refractivity contribution is 0.281. The number of ether oxygens (including phenoxy) is 1. The molecule has 1 aromatic heterocycles. The Morgan fingerprint density at radius 1 is 1.33 bits per heavy atom. The van der Waals surface area contributed by atoms with E-state index in [1.54, 1.807) is 13.2 Å². The highest BCUT2D eigenvalue weighted by atomic mass is 127. The van der Waals surface area contributed by atoms with Gasteiger partial charge in [-0.1, -0.05) is 11.6 Å². The molecule has 1 heterocycles. The maximum atomic E-state index is 5.85. The maximum absolute atomic E-state index is 5.85. The molecule has 2 rings (SSSR count). The van der Waals surface area contributed by atoms with Gasteiger partial charge < -0.3 is 15.0 Å². The predicted molar refractivity (Wildman–Crippen MR) is 108 cm³/mol. The fourth-order valence-electron chi connectivity index (χ4n) is 2.07. The van der Waals surface area contributed by atoms with Gasteiger partial charge >= 0.3 is 0 Å². The van der Waals surface area contributed by atoms with E-state index in [2.05, 4.69) is 15.4 Å². The van der Waals surface area contributed by atoms with Gasteiger partial charge in [-0.25, -0.2) is 0 Å². The Bertz CT molecular complexity index is 644. The molecule has 0 saturated heterocycles. The van der Waals surface area contributed by atoms with Gasteiger partial charge in [-0.15, -0.1) is 24.0 Å². The number of hydrogen-bond acceptors (Lipinski definition) is 3. The summed E-state index contributed by atoms with van der Waals surface area (Å²) in [4.78, 5) is 6.30. The number of aromatic nitrogens is 2. The van der Waals surface area contributed by atoms with E-state index >= 15 is 0 Å². The molecule has 0 radical (unpaired) electrons. The maximum Gasteiger partial charge on any atom is 0.193 e. The van der Waals surface area contributed by atoms with Crippen LogP contribution >= 0.6 is 35.6 Å². The highest BCUT2D eigenvalue weighted by Gasteiger charge is 2.07. The van der Waals surface area contributed by atoms with Crippen molar-refractivity contribution < 1.29 is 4.74 Å². The van der Waals surface area contributed by atoms with Gasteiger partial charge in [0.2, 0.25) is 0 Å². The van der Waals surface area contributed by atoms with E-state index in [0.717, 1.165) is 17.4 Å². The average molecular weight is 464 g/mol. The highest BCUT2D eigenvalue weighted by Crippen LogP contribution is 2.15. The molecule has 0 bridgehead atoms. The number of hydrogen-bond donors (Lipinski definition) is 1. The molecule has 1 N–H and O–H groups in total. The Hall–Kier alpha value is -1.48. The quantitative estimate of drug-likeness (QED) is 0.407. The summed E-state index contributed by atoms with van der Waals surface area (Å²) in [6.07, 6.45) is 1.78. The minimum Gasteiger partial charge on any atom is -0.492 e. The van der Waals surface area contributed by atoms with Crippen LogP contribution in [0, 0.1) is 0 Å². The first kappa shape index (κ1) is 20.6. The van der Waals surface area contributed by atoms with Gasteiger partial charge in [0.1, 0.15) is 12.4 Å². The van der Waals surface area contributed by atoms with E-state index in [4.69, 9.17) is 16.3 Å². The standard InChI is InChI=1S/C16H22ClN5O.HI/c1-18-16(19-12-14-8-9-20-22(14)3)21(2)10-11-23-15-6-4-13(17)5-7-15;/h4-9H,10-12H2,1-3H3,(H,18,19);1H. The molecule has 0 amide bonds. The molecule has 0 atom stereocenters. The summed E-state index contributed by atoms with van der Waals surface area (Å²) in [5, 5.41) is 8.16. The molecule has 0 aliphatic carbocycles. The van der Waals surface area contributed by atoms with Crippen molar-refractivity contribution in [3.05, 3.63) is 47.2 Å². The van der Waals surface area contributed by atoms with Crippen LogP contribution in [0.25, 0.3) is 0 Å². The molecule has 1 aromatic carbocycles. The summed E-state index contributed by atoms with van der Waals surface area (Å²) in [5.74, 6) is 1.62. The van der Waals surface area contributed by atoms with E-state index in [1.807, 2.05) is 54.0 Å². The van der Waals surface area contributed by atoms with Crippen LogP contribution in [0.15, 0.2) is 41.5 Å². The van der Waals surface area contributed by atoms with Crippen LogP contribution in [-0.2, 0) is 13.6 Å². The molecule has 132 valence electrons. The zero-order valence-corrected chi connectivity index (χ0v) is 17.2. The lowest BCUT2D eigenvalue weighted by Crippen LogP contribution is -2.40. The summed E-state index contributed by atoms with van der Waals surface area (Å²) in [7, 11) is 5.66. The van der Waals surface area contributed by atoms with E-state index < -0.39 is 0 Å². The Balaban J connectivity index is 0.00000288. The molecular formula is C16H23ClIN5O. The number of likely N-dealkylation sites (N-methyl/N-ethyl adjacent to an activating group) is 1. The van der Waals surface area contributed by atoms with Crippen molar-refractivity contribution in [3.8, 4) is 5.75 Å². The second-order valence-corrected chi connectivity index (χ2v) is 5.51. The van der Waals surface area contributed by atoms with Crippen LogP contribution in [0.1, 0.15) is 5.69 Å². The number of aryl methyl sites for hydroxylation is 1. The molecule has 0 unspecified atom stereocenters. The third kappa shape index (κ3) is 6.20. The minimum atomic E-state index is 0. The van der Waals surface area contributed by atoms with Gasteiger partial charge in [0.15, 0.2) is 5.96 Å². The van der Waals surface area contributed by atoms with Crippen molar-refractivity contribution in [1.82, 2.24) is 20.0 Å². The third-order valence-corrected chi connectivity index (χ3v) is 3.68. The van der Waals surface area contributed by atoms with Crippen LogP contribution in [0.4, 0.5) is 0 Å². The van der Waals surface area contributed by atoms with Crippen molar-refractivity contribution >= 4 is 41.5 Å². The van der Waals surface area contributed by atoms with Crippen LogP contribution in [0.2, 0.25) is 5.02 Å². The first-order valence-corrected chi connectivity index (χ1v) is 7.75. The molecule has 6 nitrogen and oxygen atoms in total. The van der Waals surface area contributed by atoms with Crippen molar-refractivity contribution in [3.63, 3.8) is 0 Å². The summed E-state index contributed by atoms with van der Waals surface area (Å²) in [6.45, 7) is 1.95. The number of benzene rings is 1. The average Bonchev–Trinajstić information content (AvgIpc) is 2.95. The number of aliphatic imine (C=N–C) groups is 1. The topological polar surface area (TPSA) is 54.7 Å². The van der Waals surface area contributed by atoms with Gasteiger partial charge in [-0.05, 0) is 30.3 Å². The Kier molecular flexibility index (Phi) is 8.91. The van der Waals surface area contributed by atoms with Crippen molar-refractivity contribution in [2.45, 2.75) is 6.54 Å². The minimum absolute atomic E-state index is 0. The largest absolute Gasteiger partial charge is 0.492 e. The molecule has 0 aliphatic rings. The van der Waals surface area contributed by atoms with Crippen LogP contribution in [-0.4, -0.2) is 47.9 Å². The van der Waals surface area contributed by atoms with Gasteiger partial charge in [-0.3, -0.25) is 9.67 Å². The van der Waals surface area contributed by atoms with Crippen LogP contribution in [0.3, 0.4) is 0 Å². The summed E-state index contributed by atoms with van der Waals surface area (Å²) in [5.41, 5.74) is 1.09. The predicted octanol–water partition coefficient (Wildman–Crippen LogP) is 2.78. The Morgan fingerprint density at radius 3 is 2.62 bits per heavy atom. The lowest BCUT2D eigenvalue weighted by Gasteiger charge is -2.22. The van der Waals surface area contributed by atoms with Crippen molar-refractivity contribution in [2.24, 2.45) is 12.0 Å². The van der Waals surface area contributed by atoms with Gasteiger partial charge in [0, 0.05) is 32.4 Å². The molecule has 8 heteroatoms. The number of nitrogens with zero attached hydrogens (tertiary/aromatic N) is 4. The van der Waals surface area contributed by atoms with E-state index in [1.165, 1.54) is 0 Å². The number of guanidine groups is 1. The van der Waals surface area contributed by atoms with E-state index in [0.29, 0.717) is 24.7 Å². The monoisotopic (exact) mass is 463 g/mol. The zero-order chi connectivity index (χ0) is 16.7. The zero-order valence-electron chi connectivity index (χ0n) is 14.1. The Morgan fingerprint density at radius 2 is 2.04 bits per heavy atom. The molecule has 0 saturated carbocycles. The second-order valence-electron chi connectivity index (χ2n) is 5.07. The van der Waals surface area contributed by atoms with Gasteiger partial charge in [-0.2, -0.15) is 5.10 Å². The fourth-order valence-corrected chi connectivity index (χ4v) is 2.19. The van der Waals surface area contributed by atoms with Gasteiger partial charge in [0.25, 0.3) is 0 Å². The molecule has 0 fully saturated rings. The van der Waals surface area contributed by atoms with Crippen LogP contribution < -0.4 is 10.1 Å². The van der Waals surface area contributed by atoms with Crippen LogP contribution in [0.5, 0.6) is 5.75 Å². The lowest BCUT2D eigenvalue weighted by atomic mass is 10.3. The van der Waals surface area contributed by atoms with Crippen molar-refractivity contribution in [2.75, 3.05) is 27.2 Å². The number of halogens is 2. The smallest absolute Gasteiger partial charge is 0.193 e. The highest BCUT2D eigenvalue weighted by molar-refractivity contribution is 14.0. The molecule has 0 spiro atoms. The SMILES string of the molecule is CN=C(NCc1ccnn1C)N(C)CCOc1ccc(Cl)cc1.I. The molecule has 24 heavy (non-hydrogen) atoms. The summed E-state index contributed by atoms with van der Waals surface area (Å²) in [6, 6.07) is 9.32. The summed E-state index contributed by atoms with van der Waals surface area (Å²) < 4.78 is 7.54. The van der Waals surface area contributed by atoms with E-state index in [9.17, 15) is 0 Å². The summed E-state index contributed by atoms with van der Waals surface area (Å²) >= 11 is 5.85. The first-order chi connectivity index (χ1) is 11.1. The second kappa shape index (κ2) is 10.4. The normalized spacial score (nSPS) is 10.9. The number of rotatable bonds is 6. The van der Waals surface area contributed by atoms with Gasteiger partial charge in [0.05, 0.1) is 18.8 Å². The third-order valence-electron chi connectivity index (χ3n) is 3.43. The Labute approximate surface area is 164 Å². The number of nitrogens with one attached hydrogen (secondary N) is 1. The first-order valence-electron chi connectivity index (χ1n) is 7.37. The van der Waals surface area contributed by atoms with Crippen molar-refractivity contribution in [1.29, 1.82) is 0 Å². The molecule has 2 aromatic rings. The molecule has 0 aliphatic heterocycles. The molecular weight excluding hydrogens is 441 g/mol. The van der Waals surface area contributed by atoms with E-state index in [-0.39, 0.29) is 24.0 Å². The fraction of sp³-hybridized carbons (Fsp3) is 0.375.